The highest BCUT2D eigenvalue weighted by Crippen LogP contribution is 2.22. The Balaban J connectivity index is 3.11. The Morgan fingerprint density at radius 3 is 2.47 bits per heavy atom. The van der Waals surface area contributed by atoms with Crippen molar-refractivity contribution in [3.63, 3.8) is 0 Å². The van der Waals surface area contributed by atoms with E-state index in [9.17, 15) is 13.2 Å². The zero-order chi connectivity index (χ0) is 13.2. The fourth-order valence-electron chi connectivity index (χ4n) is 1.60. The Bertz CT molecular complexity index is 530. The number of sulfonamides is 1. The average Bonchev–Trinajstić information content (AvgIpc) is 2.57. The molecule has 0 aromatic carbocycles. The normalized spacial score (nSPS) is 14.2. The second-order valence-electron chi connectivity index (χ2n) is 4.09. The fraction of sp³-hybridized carbons (Fsp3) is 0.700. The van der Waals surface area contributed by atoms with Crippen molar-refractivity contribution >= 4 is 21.4 Å². The third-order valence-corrected chi connectivity index (χ3v) is 6.28. The predicted molar refractivity (Wildman–Crippen MR) is 69.0 cm³/mol. The molecule has 0 spiro atoms. The largest absolute Gasteiger partial charge is 0.315 e. The molecule has 5 nitrogen and oxygen atoms in total. The number of hydrogen-bond acceptors (Lipinski definition) is 4. The molecule has 0 saturated heterocycles. The maximum absolute atomic E-state index is 12.3. The summed E-state index contributed by atoms with van der Waals surface area (Å²) in [4.78, 5) is 13.3. The quantitative estimate of drug-likeness (QED) is 0.888. The van der Waals surface area contributed by atoms with Crippen LogP contribution in [0.1, 0.15) is 32.4 Å². The number of nitrogens with one attached hydrogen (secondary N) is 1. The molecule has 0 radical (unpaired) electrons. The topological polar surface area (TPSA) is 70.2 Å². The number of H-pyrrole nitrogens is 1. The van der Waals surface area contributed by atoms with E-state index in [4.69, 9.17) is 0 Å². The molecule has 0 fully saturated rings. The van der Waals surface area contributed by atoms with Gasteiger partial charge in [-0.2, -0.15) is 4.31 Å². The molecule has 17 heavy (non-hydrogen) atoms. The summed E-state index contributed by atoms with van der Waals surface area (Å²) in [5, 5.41) is 0. The van der Waals surface area contributed by atoms with E-state index in [1.165, 1.54) is 4.31 Å². The molecular formula is C10H18N2O3S2. The van der Waals surface area contributed by atoms with Crippen molar-refractivity contribution in [3.05, 3.63) is 15.4 Å². The van der Waals surface area contributed by atoms with Crippen LogP contribution in [0, 0.1) is 6.92 Å². The van der Waals surface area contributed by atoms with E-state index in [-0.39, 0.29) is 15.1 Å². The second kappa shape index (κ2) is 5.32. The van der Waals surface area contributed by atoms with Gasteiger partial charge in [0, 0.05) is 18.8 Å². The highest BCUT2D eigenvalue weighted by Gasteiger charge is 2.28. The van der Waals surface area contributed by atoms with Crippen molar-refractivity contribution in [2.45, 2.75) is 43.9 Å². The van der Waals surface area contributed by atoms with Gasteiger partial charge in [-0.15, -0.1) is 0 Å². The van der Waals surface area contributed by atoms with E-state index in [0.717, 1.165) is 24.2 Å². The van der Waals surface area contributed by atoms with Crippen LogP contribution in [-0.4, -0.2) is 30.8 Å². The molecule has 7 heteroatoms. The van der Waals surface area contributed by atoms with Crippen LogP contribution in [0.3, 0.4) is 0 Å². The van der Waals surface area contributed by atoms with Gasteiger partial charge in [-0.05, 0) is 20.3 Å². The van der Waals surface area contributed by atoms with Crippen LogP contribution in [0.2, 0.25) is 0 Å². The molecule has 0 aliphatic rings. The van der Waals surface area contributed by atoms with Crippen molar-refractivity contribution < 1.29 is 8.42 Å². The van der Waals surface area contributed by atoms with Crippen molar-refractivity contribution in [1.82, 2.24) is 9.29 Å². The van der Waals surface area contributed by atoms with Crippen molar-refractivity contribution in [2.75, 3.05) is 7.05 Å². The summed E-state index contributed by atoms with van der Waals surface area (Å²) < 4.78 is 26.0. The maximum atomic E-state index is 12.3. The third-order valence-electron chi connectivity index (χ3n) is 2.72. The van der Waals surface area contributed by atoms with Crippen molar-refractivity contribution in [3.8, 4) is 0 Å². The molecule has 0 amide bonds. The lowest BCUT2D eigenvalue weighted by Gasteiger charge is -2.23. The van der Waals surface area contributed by atoms with E-state index >= 15 is 0 Å². The molecule has 98 valence electrons. The molecule has 0 aliphatic carbocycles. The summed E-state index contributed by atoms with van der Waals surface area (Å²) in [5.41, 5.74) is 0.413. The van der Waals surface area contributed by atoms with Gasteiger partial charge in [0.25, 0.3) is 10.0 Å². The van der Waals surface area contributed by atoms with Gasteiger partial charge in [0.1, 0.15) is 0 Å². The summed E-state index contributed by atoms with van der Waals surface area (Å²) in [6, 6.07) is -0.0680. The Morgan fingerprint density at radius 1 is 1.47 bits per heavy atom. The van der Waals surface area contributed by atoms with Gasteiger partial charge in [-0.1, -0.05) is 24.7 Å². The minimum atomic E-state index is -3.55. The van der Waals surface area contributed by atoms with Crippen molar-refractivity contribution in [1.29, 1.82) is 0 Å². The van der Waals surface area contributed by atoms with E-state index in [2.05, 4.69) is 4.98 Å². The van der Waals surface area contributed by atoms with Gasteiger partial charge in [0.05, 0.1) is 0 Å². The van der Waals surface area contributed by atoms with E-state index in [0.29, 0.717) is 5.69 Å². The van der Waals surface area contributed by atoms with Crippen LogP contribution in [-0.2, 0) is 10.0 Å². The van der Waals surface area contributed by atoms with Crippen LogP contribution in [0.5, 0.6) is 0 Å². The molecule has 0 saturated carbocycles. The molecule has 1 rings (SSSR count). The van der Waals surface area contributed by atoms with Crippen molar-refractivity contribution in [2.24, 2.45) is 0 Å². The molecule has 1 heterocycles. The fourth-order valence-corrected chi connectivity index (χ4v) is 4.46. The predicted octanol–water partition coefficient (Wildman–Crippen LogP) is 1.55. The van der Waals surface area contributed by atoms with Gasteiger partial charge in [-0.3, -0.25) is 4.79 Å². The molecule has 1 atom stereocenters. The van der Waals surface area contributed by atoms with Crippen LogP contribution in [0.25, 0.3) is 0 Å². The van der Waals surface area contributed by atoms with Crippen LogP contribution >= 0.6 is 11.3 Å². The molecule has 0 bridgehead atoms. The molecule has 0 aliphatic heterocycles. The summed E-state index contributed by atoms with van der Waals surface area (Å²) in [7, 11) is -1.99. The van der Waals surface area contributed by atoms with Crippen LogP contribution in [0.4, 0.5) is 0 Å². The number of hydrogen-bond donors (Lipinski definition) is 1. The zero-order valence-electron chi connectivity index (χ0n) is 10.5. The summed E-state index contributed by atoms with van der Waals surface area (Å²) in [6.07, 6.45) is 1.72. The van der Waals surface area contributed by atoms with Gasteiger partial charge >= 0.3 is 4.87 Å². The lowest BCUT2D eigenvalue weighted by Crippen LogP contribution is -2.34. The Labute approximate surface area is 106 Å². The lowest BCUT2D eigenvalue weighted by atomic mass is 10.2. The number of aryl methyl sites for hydroxylation is 1. The first-order chi connectivity index (χ1) is 7.80. The Morgan fingerprint density at radius 2 is 2.06 bits per heavy atom. The van der Waals surface area contributed by atoms with E-state index in [1.807, 2.05) is 13.8 Å². The smallest absolute Gasteiger partial charge is 0.305 e. The summed E-state index contributed by atoms with van der Waals surface area (Å²) >= 11 is 0.744. The zero-order valence-corrected chi connectivity index (χ0v) is 12.1. The minimum Gasteiger partial charge on any atom is -0.315 e. The summed E-state index contributed by atoms with van der Waals surface area (Å²) in [5.74, 6) is 0. The number of aromatic amines is 1. The van der Waals surface area contributed by atoms with Gasteiger partial charge < -0.3 is 4.98 Å². The molecule has 1 aromatic heterocycles. The second-order valence-corrected chi connectivity index (χ2v) is 7.26. The van der Waals surface area contributed by atoms with E-state index in [1.54, 1.807) is 14.0 Å². The van der Waals surface area contributed by atoms with Crippen LogP contribution in [0.15, 0.2) is 9.00 Å². The highest BCUT2D eigenvalue weighted by molar-refractivity contribution is 7.91. The van der Waals surface area contributed by atoms with Gasteiger partial charge in [-0.25, -0.2) is 8.42 Å². The molecule has 1 unspecified atom stereocenters. The maximum Gasteiger partial charge on any atom is 0.305 e. The SMILES string of the molecule is CCCC(C)N(C)S(=O)(=O)c1sc(=O)[nH]c1C. The van der Waals surface area contributed by atoms with Gasteiger partial charge in [0.2, 0.25) is 0 Å². The van der Waals surface area contributed by atoms with Gasteiger partial charge in [0.15, 0.2) is 4.21 Å². The van der Waals surface area contributed by atoms with Crippen LogP contribution < -0.4 is 4.87 Å². The van der Waals surface area contributed by atoms with E-state index < -0.39 is 10.0 Å². The number of rotatable bonds is 5. The highest BCUT2D eigenvalue weighted by atomic mass is 32.2. The monoisotopic (exact) mass is 278 g/mol. The first kappa shape index (κ1) is 14.4. The lowest BCUT2D eigenvalue weighted by molar-refractivity contribution is 0.369. The minimum absolute atomic E-state index is 0.0680. The molecule has 1 aromatic rings. The number of thiazole rings is 1. The Hall–Kier alpha value is -0.660. The standard InChI is InChI=1S/C10H18N2O3S2/c1-5-6-7(2)12(4)17(14,15)9-8(3)11-10(13)16-9/h7H,5-6H2,1-4H3,(H,11,13). The first-order valence-electron chi connectivity index (χ1n) is 5.48. The first-order valence-corrected chi connectivity index (χ1v) is 7.74. The summed E-state index contributed by atoms with van der Waals surface area (Å²) in [6.45, 7) is 5.48. The molecular weight excluding hydrogens is 260 g/mol. The number of aromatic nitrogens is 1. The molecule has 1 N–H and O–H groups in total. The third kappa shape index (κ3) is 2.97. The Kier molecular flexibility index (Phi) is 4.51. The average molecular weight is 278 g/mol. The number of nitrogens with zero attached hydrogens (tertiary/aromatic N) is 1.